The molecule has 2 aromatic carbocycles. The Morgan fingerprint density at radius 2 is 0.887 bits per heavy atom. The number of aliphatic hydroxyl groups excluding tert-OH is 2. The van der Waals surface area contributed by atoms with Gasteiger partial charge >= 0.3 is 24.0 Å². The van der Waals surface area contributed by atoms with Gasteiger partial charge in [0.05, 0.1) is 49.3 Å². The second kappa shape index (κ2) is 50.4. The first-order valence-electron chi connectivity index (χ1n) is 43.3. The minimum atomic E-state index is -1.79. The van der Waals surface area contributed by atoms with Gasteiger partial charge in [-0.25, -0.2) is 39.1 Å². The molecule has 2 aliphatic rings. The predicted molar refractivity (Wildman–Crippen MR) is 469 cm³/mol. The molecule has 718 valence electrons. The lowest BCUT2D eigenvalue weighted by Crippen LogP contribution is -2.62. The highest BCUT2D eigenvalue weighted by Gasteiger charge is 2.45. The number of rotatable bonds is 51. The molecular weight excluding hydrogens is 1740 g/mol. The van der Waals surface area contributed by atoms with E-state index in [2.05, 4.69) is 98.7 Å². The number of carbonyl (C=O) groups is 17. The van der Waals surface area contributed by atoms with Crippen LogP contribution in [0.25, 0.3) is 0 Å². The number of likely N-dealkylation sites (tertiary alicyclic amines) is 2. The predicted octanol–water partition coefficient (Wildman–Crippen LogP) is -3.45. The van der Waals surface area contributed by atoms with Crippen LogP contribution in [0, 0.1) is 11.3 Å². The van der Waals surface area contributed by atoms with Gasteiger partial charge in [0.25, 0.3) is 0 Å². The number of nitrogens with one attached hydrogen (secondary N) is 16. The number of alkyl carbamates (subject to hydrolysis) is 1. The van der Waals surface area contributed by atoms with Crippen molar-refractivity contribution in [2.45, 2.75) is 228 Å². The number of hydrogen-bond acceptors (Lipinski definition) is 25. The summed E-state index contributed by atoms with van der Waals surface area (Å²) in [5, 5.41) is 89.1. The van der Waals surface area contributed by atoms with E-state index in [0.29, 0.717) is 11.1 Å². The number of H-pyrrole nitrogens is 3. The number of aromatic carboxylic acids is 2. The van der Waals surface area contributed by atoms with Crippen molar-refractivity contribution in [1.82, 2.24) is 108 Å². The van der Waals surface area contributed by atoms with E-state index in [-0.39, 0.29) is 139 Å². The first-order chi connectivity index (χ1) is 63.3. The van der Waals surface area contributed by atoms with Crippen LogP contribution in [-0.4, -0.2) is 294 Å². The Balaban J connectivity index is 0.964. The van der Waals surface area contributed by atoms with Crippen LogP contribution in [0.15, 0.2) is 110 Å². The van der Waals surface area contributed by atoms with E-state index in [1.807, 2.05) is 0 Å². The molecule has 0 spiro atoms. The molecular formula is C86H116N24O23. The van der Waals surface area contributed by atoms with Crippen molar-refractivity contribution in [3.05, 3.63) is 156 Å². The van der Waals surface area contributed by atoms with Crippen LogP contribution >= 0.6 is 0 Å². The summed E-state index contributed by atoms with van der Waals surface area (Å²) in [7, 11) is 0. The van der Waals surface area contributed by atoms with Gasteiger partial charge < -0.3 is 130 Å². The Hall–Kier alpha value is -14.8. The molecule has 0 bridgehead atoms. The zero-order chi connectivity index (χ0) is 97.2. The van der Waals surface area contributed by atoms with Crippen molar-refractivity contribution >= 4 is 107 Å². The summed E-state index contributed by atoms with van der Waals surface area (Å²) in [6.45, 7) is 5.83. The second-order valence-corrected chi connectivity index (χ2v) is 33.1. The third-order valence-corrected chi connectivity index (χ3v) is 21.9. The number of aryl methyl sites for hydroxylation is 1. The monoisotopic (exact) mass is 1850 g/mol. The number of pyridine rings is 1. The number of nitrogens with two attached hydrogens (primary N) is 2. The van der Waals surface area contributed by atoms with Crippen LogP contribution in [0.2, 0.25) is 0 Å². The lowest BCUT2D eigenvalue weighted by molar-refractivity contribution is -0.145. The first-order valence-corrected chi connectivity index (χ1v) is 43.3. The molecule has 6 heterocycles. The average Bonchev–Trinajstić information content (AvgIpc) is 1.63. The standard InChI is InChI=1S/C86H116N24O23/c1-6-46(2)68(78(123)102-56(31-47-17-9-7-10-18-47)72(117)99-55(26-27-67(87)113)71(116)98-53(23-14-28-93-84(88)89)69(114)100-58(36-51-39-91-44-95-51)74(119)105-63(41-111)75(120)104-62(83(130)131)37-52-40-92-45-96-52)108-77(122)66-25-16-30-110(66)80(125)64(42-112)106-76(121)65-24-15-29-109(65)79(124)59(32-48-19-11-8-12-20-48)103-73(118)57(35-50-38-90-43-94-50)101-70(115)54(107-85(132)133-86(3,4)5)22-13-21-49-33-60(81(126)127)97-61(34-49)82(128)129/h7-12,17-20,33-34,38-40,43-46,53-59,62-66,68,111-112H,6,13-16,21-32,35-37,41-42H2,1-5H3,(H2,87,113)(H,90,94)(H,91,95)(H,92,96)(H,98,116)(H,99,117)(H,100,114)(H,101,115)(H,102,123)(H,103,118)(H,104,120)(H,105,119)(H,106,121)(H,107,132)(H,108,122)(H,126,127)(H,128,129)(H,130,131)(H4,88,89,93)/t46-,53-,54-,55-,56-,57-,58-,59-,62-,63-,64-,65-,66-,68-/m0/s1. The fourth-order valence-electron chi connectivity index (χ4n) is 14.9. The summed E-state index contributed by atoms with van der Waals surface area (Å²) in [5.74, 6) is -18.2. The molecule has 133 heavy (non-hydrogen) atoms. The Bertz CT molecular complexity index is 4990. The number of nitrogens with zero attached hydrogens (tertiary/aromatic N) is 6. The molecule has 14 atom stereocenters. The number of carboxylic acid groups (broad SMARTS) is 3. The number of ether oxygens (including phenoxy) is 1. The Kier molecular flexibility index (Phi) is 39.2. The van der Waals surface area contributed by atoms with Crippen molar-refractivity contribution in [3.8, 4) is 0 Å². The molecule has 25 N–H and O–H groups in total. The smallest absolute Gasteiger partial charge is 0.408 e. The molecule has 47 nitrogen and oxygen atoms in total. The molecule has 6 aromatic rings. The molecule has 2 aliphatic heterocycles. The maximum Gasteiger partial charge on any atom is 0.408 e. The van der Waals surface area contributed by atoms with Crippen LogP contribution in [-0.2, 0) is 110 Å². The Morgan fingerprint density at radius 3 is 1.33 bits per heavy atom. The van der Waals surface area contributed by atoms with Gasteiger partial charge in [-0.3, -0.25) is 67.7 Å². The van der Waals surface area contributed by atoms with Crippen molar-refractivity contribution in [2.75, 3.05) is 32.8 Å². The number of guanidine groups is 1. The van der Waals surface area contributed by atoms with Gasteiger partial charge in [0, 0.05) is 76.7 Å². The fraction of sp³-hybridized carbons (Fsp3) is 0.488. The van der Waals surface area contributed by atoms with E-state index < -0.39 is 234 Å². The van der Waals surface area contributed by atoms with Gasteiger partial charge in [-0.15, -0.1) is 0 Å². The summed E-state index contributed by atoms with van der Waals surface area (Å²) in [6.07, 6.45) is 4.88. The normalized spacial score (nSPS) is 16.2. The van der Waals surface area contributed by atoms with E-state index in [9.17, 15) is 97.5 Å². The van der Waals surface area contributed by atoms with Gasteiger partial charge in [-0.1, -0.05) is 80.9 Å². The van der Waals surface area contributed by atoms with Crippen LogP contribution in [0.1, 0.15) is 160 Å². The quantitative estimate of drug-likeness (QED) is 0.0100. The number of carboxylic acids is 3. The minimum absolute atomic E-state index is 0.00638. The van der Waals surface area contributed by atoms with E-state index >= 15 is 9.59 Å². The number of primary amides is 1. The first kappa shape index (κ1) is 104. The van der Waals surface area contributed by atoms with E-state index in [1.165, 1.54) is 42.5 Å². The average molecular weight is 1850 g/mol. The number of aliphatic carboxylic acids is 1. The number of imidazole rings is 3. The molecule has 0 unspecified atom stereocenters. The van der Waals surface area contributed by atoms with Crippen LogP contribution in [0.5, 0.6) is 0 Å². The molecule has 4 aromatic heterocycles. The van der Waals surface area contributed by atoms with Crippen molar-refractivity contribution in [2.24, 2.45) is 17.4 Å². The van der Waals surface area contributed by atoms with Crippen LogP contribution in [0.4, 0.5) is 4.79 Å². The summed E-state index contributed by atoms with van der Waals surface area (Å²) >= 11 is 0. The summed E-state index contributed by atoms with van der Waals surface area (Å²) in [6, 6.07) is -1.27. The molecule has 2 saturated heterocycles. The van der Waals surface area contributed by atoms with Gasteiger partial charge in [0.2, 0.25) is 76.8 Å². The molecule has 2 fully saturated rings. The maximum atomic E-state index is 15.2. The summed E-state index contributed by atoms with van der Waals surface area (Å²) < 4.78 is 5.47. The van der Waals surface area contributed by atoms with Crippen LogP contribution < -0.4 is 75.3 Å². The largest absolute Gasteiger partial charge is 0.480 e. The number of benzene rings is 2. The number of carbonyl (C=O) groups excluding carboxylic acids is 14. The molecule has 0 saturated carbocycles. The lowest BCUT2D eigenvalue weighted by Gasteiger charge is -2.32. The number of aromatic nitrogens is 7. The van der Waals surface area contributed by atoms with Gasteiger partial charge in [0.15, 0.2) is 5.96 Å². The van der Waals surface area contributed by atoms with Crippen molar-refractivity contribution < 1.29 is 112 Å². The molecule has 0 aliphatic carbocycles. The third kappa shape index (κ3) is 32.4. The molecule has 14 amide bonds. The third-order valence-electron chi connectivity index (χ3n) is 21.9. The highest BCUT2D eigenvalue weighted by molar-refractivity contribution is 6.01. The number of amides is 14. The van der Waals surface area contributed by atoms with Gasteiger partial charge in [0.1, 0.15) is 95.5 Å². The minimum Gasteiger partial charge on any atom is -0.480 e. The highest BCUT2D eigenvalue weighted by atomic mass is 16.6. The maximum absolute atomic E-state index is 15.2. The lowest BCUT2D eigenvalue weighted by atomic mass is 9.96. The van der Waals surface area contributed by atoms with E-state index in [0.717, 1.165) is 17.0 Å². The van der Waals surface area contributed by atoms with Crippen molar-refractivity contribution in [1.29, 1.82) is 5.41 Å². The fourth-order valence-corrected chi connectivity index (χ4v) is 14.9. The van der Waals surface area contributed by atoms with Crippen LogP contribution in [0.3, 0.4) is 0 Å². The Morgan fingerprint density at radius 1 is 0.489 bits per heavy atom. The van der Waals surface area contributed by atoms with E-state index in [1.54, 1.807) is 95.3 Å². The Labute approximate surface area is 762 Å². The number of hydrogen-bond donors (Lipinski definition) is 23. The molecule has 0 radical (unpaired) electrons. The summed E-state index contributed by atoms with van der Waals surface area (Å²) in [4.78, 5) is 265. The second-order valence-electron chi connectivity index (χ2n) is 33.1. The van der Waals surface area contributed by atoms with Gasteiger partial charge in [-0.05, 0) is 120 Å². The van der Waals surface area contributed by atoms with Gasteiger partial charge in [-0.2, -0.15) is 0 Å². The van der Waals surface area contributed by atoms with Crippen molar-refractivity contribution in [3.63, 3.8) is 0 Å². The zero-order valence-electron chi connectivity index (χ0n) is 74.0. The van der Waals surface area contributed by atoms with E-state index in [4.69, 9.17) is 21.6 Å². The molecule has 47 heteroatoms. The topological polar surface area (TPSA) is 726 Å². The zero-order valence-corrected chi connectivity index (χ0v) is 74.0. The number of aromatic amines is 3. The highest BCUT2D eigenvalue weighted by Crippen LogP contribution is 2.25. The number of aliphatic hydroxyl groups is 2. The molecule has 8 rings (SSSR count). The summed E-state index contributed by atoms with van der Waals surface area (Å²) in [5.41, 5.74) is 11.0. The SMILES string of the molecule is CC[C@H](C)[C@H](NC(=O)[C@@H]1CCCN1C(=O)[C@H](CO)NC(=O)[C@@H]1CCCN1C(=O)[C@H](Cc1ccccc1)NC(=O)[C@H](Cc1c[nH]cn1)NC(=O)[C@H](CCCc1cc(C(=O)O)nc(C(=O)O)c1)NC(=O)OC(C)(C)C)C(=O)N[C@@H](Cc1ccccc1)C(=O)N[C@@H](CCC(N)=O)C(=O)N[C@@H](CCCNC(=N)N)C(=O)N[C@@H](Cc1c[nH]cn1)C(=O)N[C@@H](CO)C(=O)N[C@@H](Cc1c[nH]cn1)C(=O)O.